The number of esters is 1. The summed E-state index contributed by atoms with van der Waals surface area (Å²) in [6, 6.07) is 9.85. The van der Waals surface area contributed by atoms with Crippen molar-refractivity contribution in [2.45, 2.75) is 39.9 Å². The standard InChI is InChI=1S/C22H28N2O4S/c1-5-27-22(26)19-16(4)20(17-9-7-6-8-10-17)29-21(19)23-18(25)13-24-11-14(2)28-15(3)12-24/h6-10,14-15H,5,11-13H2,1-4H3,(H,23,25). The molecule has 0 radical (unpaired) electrons. The molecule has 0 saturated carbocycles. The molecule has 7 heteroatoms. The Bertz CT molecular complexity index is 855. The zero-order valence-electron chi connectivity index (χ0n) is 17.4. The number of hydrogen-bond donors (Lipinski definition) is 1. The van der Waals surface area contributed by atoms with Gasteiger partial charge in [0.25, 0.3) is 0 Å². The molecule has 1 aliphatic rings. The zero-order valence-corrected chi connectivity index (χ0v) is 18.2. The average molecular weight is 417 g/mol. The van der Waals surface area contributed by atoms with Gasteiger partial charge in [-0.3, -0.25) is 9.69 Å². The van der Waals surface area contributed by atoms with Crippen LogP contribution in [0, 0.1) is 6.92 Å². The van der Waals surface area contributed by atoms with Crippen molar-refractivity contribution in [2.24, 2.45) is 0 Å². The van der Waals surface area contributed by atoms with Gasteiger partial charge >= 0.3 is 5.97 Å². The van der Waals surface area contributed by atoms with Gasteiger partial charge < -0.3 is 14.8 Å². The number of thiophene rings is 1. The molecule has 1 fully saturated rings. The number of benzene rings is 1. The van der Waals surface area contributed by atoms with Gasteiger partial charge in [-0.15, -0.1) is 11.3 Å². The Balaban J connectivity index is 1.83. The fraction of sp³-hybridized carbons (Fsp3) is 0.455. The third-order valence-electron chi connectivity index (χ3n) is 4.78. The van der Waals surface area contributed by atoms with Crippen molar-refractivity contribution in [1.82, 2.24) is 4.90 Å². The number of anilines is 1. The van der Waals surface area contributed by atoms with Crippen molar-refractivity contribution < 1.29 is 19.1 Å². The van der Waals surface area contributed by atoms with Crippen molar-refractivity contribution in [3.63, 3.8) is 0 Å². The van der Waals surface area contributed by atoms with Crippen LogP contribution in [0.2, 0.25) is 0 Å². The Morgan fingerprint density at radius 3 is 2.48 bits per heavy atom. The molecule has 0 bridgehead atoms. The molecule has 2 atom stereocenters. The van der Waals surface area contributed by atoms with Gasteiger partial charge in [0.15, 0.2) is 0 Å². The average Bonchev–Trinajstić information content (AvgIpc) is 2.97. The molecule has 6 nitrogen and oxygen atoms in total. The van der Waals surface area contributed by atoms with E-state index in [1.807, 2.05) is 51.1 Å². The molecule has 3 rings (SSSR count). The maximum absolute atomic E-state index is 12.7. The van der Waals surface area contributed by atoms with Crippen LogP contribution >= 0.6 is 11.3 Å². The highest BCUT2D eigenvalue weighted by atomic mass is 32.1. The molecule has 1 amide bonds. The van der Waals surface area contributed by atoms with Gasteiger partial charge in [-0.1, -0.05) is 30.3 Å². The summed E-state index contributed by atoms with van der Waals surface area (Å²) in [5, 5.41) is 3.49. The molecule has 1 saturated heterocycles. The minimum atomic E-state index is -0.410. The van der Waals surface area contributed by atoms with Crippen molar-refractivity contribution in [3.8, 4) is 10.4 Å². The van der Waals surface area contributed by atoms with Gasteiger partial charge in [0, 0.05) is 18.0 Å². The normalized spacial score (nSPS) is 19.7. The summed E-state index contributed by atoms with van der Waals surface area (Å²) in [5.74, 6) is -0.551. The van der Waals surface area contributed by atoms with E-state index in [0.717, 1.165) is 16.0 Å². The molecule has 29 heavy (non-hydrogen) atoms. The van der Waals surface area contributed by atoms with Crippen molar-refractivity contribution >= 4 is 28.2 Å². The number of carbonyl (C=O) groups excluding carboxylic acids is 2. The van der Waals surface area contributed by atoms with Crippen LogP contribution in [0.25, 0.3) is 10.4 Å². The third-order valence-corrected chi connectivity index (χ3v) is 6.03. The van der Waals surface area contributed by atoms with Crippen LogP contribution in [-0.4, -0.2) is 55.2 Å². The van der Waals surface area contributed by atoms with Crippen LogP contribution in [-0.2, 0) is 14.3 Å². The SMILES string of the molecule is CCOC(=O)c1c(NC(=O)CN2CC(C)OC(C)C2)sc(-c2ccccc2)c1C. The molecule has 0 spiro atoms. The van der Waals surface area contributed by atoms with Crippen molar-refractivity contribution in [3.05, 3.63) is 41.5 Å². The van der Waals surface area contributed by atoms with Crippen LogP contribution in [0.1, 0.15) is 36.7 Å². The van der Waals surface area contributed by atoms with Gasteiger partial charge in [0.2, 0.25) is 5.91 Å². The lowest BCUT2D eigenvalue weighted by Crippen LogP contribution is -2.48. The molecule has 0 aliphatic carbocycles. The lowest BCUT2D eigenvalue weighted by atomic mass is 10.1. The van der Waals surface area contributed by atoms with E-state index in [1.165, 1.54) is 11.3 Å². The van der Waals surface area contributed by atoms with E-state index in [1.54, 1.807) is 6.92 Å². The maximum atomic E-state index is 12.7. The number of hydrogen-bond acceptors (Lipinski definition) is 6. The quantitative estimate of drug-likeness (QED) is 0.723. The molecule has 1 N–H and O–H groups in total. The van der Waals surface area contributed by atoms with Crippen LogP contribution in [0.5, 0.6) is 0 Å². The molecule has 2 aromatic rings. The van der Waals surface area contributed by atoms with E-state index in [2.05, 4.69) is 10.2 Å². The second-order valence-electron chi connectivity index (χ2n) is 7.35. The molecule has 2 heterocycles. The Hall–Kier alpha value is -2.22. The number of ether oxygens (including phenoxy) is 2. The molecule has 1 aromatic heterocycles. The lowest BCUT2D eigenvalue weighted by molar-refractivity contribution is -0.121. The van der Waals surface area contributed by atoms with E-state index in [-0.39, 0.29) is 31.3 Å². The minimum Gasteiger partial charge on any atom is -0.462 e. The van der Waals surface area contributed by atoms with Crippen LogP contribution in [0.3, 0.4) is 0 Å². The van der Waals surface area contributed by atoms with E-state index >= 15 is 0 Å². The predicted octanol–water partition coefficient (Wildman–Crippen LogP) is 3.95. The van der Waals surface area contributed by atoms with Gasteiger partial charge in [-0.05, 0) is 38.8 Å². The zero-order chi connectivity index (χ0) is 21.0. The van der Waals surface area contributed by atoms with Crippen LogP contribution in [0.4, 0.5) is 5.00 Å². The fourth-order valence-corrected chi connectivity index (χ4v) is 4.91. The Morgan fingerprint density at radius 2 is 1.86 bits per heavy atom. The largest absolute Gasteiger partial charge is 0.462 e. The highest BCUT2D eigenvalue weighted by Gasteiger charge is 2.27. The number of amides is 1. The van der Waals surface area contributed by atoms with E-state index < -0.39 is 5.97 Å². The first-order valence-corrected chi connectivity index (χ1v) is 10.7. The first-order valence-electron chi connectivity index (χ1n) is 9.92. The van der Waals surface area contributed by atoms with Crippen LogP contribution < -0.4 is 5.32 Å². The molecule has 2 unspecified atom stereocenters. The number of nitrogens with one attached hydrogen (secondary N) is 1. The first-order chi connectivity index (χ1) is 13.9. The van der Waals surface area contributed by atoms with E-state index in [9.17, 15) is 9.59 Å². The summed E-state index contributed by atoms with van der Waals surface area (Å²) in [7, 11) is 0. The predicted molar refractivity (Wildman–Crippen MR) is 116 cm³/mol. The molecule has 1 aliphatic heterocycles. The number of nitrogens with zero attached hydrogens (tertiary/aromatic N) is 1. The monoisotopic (exact) mass is 416 g/mol. The summed E-state index contributed by atoms with van der Waals surface area (Å²) < 4.78 is 11.0. The van der Waals surface area contributed by atoms with E-state index in [4.69, 9.17) is 9.47 Å². The second-order valence-corrected chi connectivity index (χ2v) is 8.37. The minimum absolute atomic E-state index is 0.0929. The molecule has 156 valence electrons. The fourth-order valence-electron chi connectivity index (χ4n) is 3.70. The smallest absolute Gasteiger partial charge is 0.341 e. The summed E-state index contributed by atoms with van der Waals surface area (Å²) in [4.78, 5) is 28.4. The number of rotatable bonds is 6. The Labute approximate surface area is 175 Å². The highest BCUT2D eigenvalue weighted by Crippen LogP contribution is 2.40. The Kier molecular flexibility index (Phi) is 7.05. The molecular formula is C22H28N2O4S. The second kappa shape index (κ2) is 9.52. The number of carbonyl (C=O) groups is 2. The summed E-state index contributed by atoms with van der Waals surface area (Å²) in [5.41, 5.74) is 2.27. The topological polar surface area (TPSA) is 67.9 Å². The maximum Gasteiger partial charge on any atom is 0.341 e. The third kappa shape index (κ3) is 5.23. The van der Waals surface area contributed by atoms with Gasteiger partial charge in [-0.2, -0.15) is 0 Å². The lowest BCUT2D eigenvalue weighted by Gasteiger charge is -2.34. The molecule has 1 aromatic carbocycles. The first kappa shape index (κ1) is 21.5. The molecular weight excluding hydrogens is 388 g/mol. The number of morpholine rings is 1. The van der Waals surface area contributed by atoms with Crippen LogP contribution in [0.15, 0.2) is 30.3 Å². The Morgan fingerprint density at radius 1 is 1.21 bits per heavy atom. The summed E-state index contributed by atoms with van der Waals surface area (Å²) in [6.45, 7) is 9.65. The summed E-state index contributed by atoms with van der Waals surface area (Å²) >= 11 is 1.41. The van der Waals surface area contributed by atoms with Crippen molar-refractivity contribution in [2.75, 3.05) is 31.6 Å². The van der Waals surface area contributed by atoms with Gasteiger partial charge in [0.1, 0.15) is 5.00 Å². The highest BCUT2D eigenvalue weighted by molar-refractivity contribution is 7.20. The van der Waals surface area contributed by atoms with Gasteiger partial charge in [0.05, 0.1) is 30.9 Å². The van der Waals surface area contributed by atoms with Crippen molar-refractivity contribution in [1.29, 1.82) is 0 Å². The van der Waals surface area contributed by atoms with E-state index in [0.29, 0.717) is 23.7 Å². The summed E-state index contributed by atoms with van der Waals surface area (Å²) in [6.07, 6.45) is 0.186. The van der Waals surface area contributed by atoms with Gasteiger partial charge in [-0.25, -0.2) is 4.79 Å².